The number of hydrogen-bond acceptors (Lipinski definition) is 4. The molecule has 0 aromatic carbocycles. The predicted octanol–water partition coefficient (Wildman–Crippen LogP) is 7.14. The van der Waals surface area contributed by atoms with Gasteiger partial charge in [0.25, 0.3) is 0 Å². The number of carboxylic acid groups (broad SMARTS) is 4. The number of aliphatic carboxylic acids is 4. The van der Waals surface area contributed by atoms with Gasteiger partial charge in [-0.15, -0.1) is 0 Å². The molecule has 0 fully saturated rings. The van der Waals surface area contributed by atoms with Crippen molar-refractivity contribution in [1.29, 1.82) is 0 Å². The van der Waals surface area contributed by atoms with E-state index in [1.807, 2.05) is 0 Å². The summed E-state index contributed by atoms with van der Waals surface area (Å²) in [6, 6.07) is 0. The van der Waals surface area contributed by atoms with Crippen molar-refractivity contribution in [2.24, 2.45) is 0 Å². The van der Waals surface area contributed by atoms with Gasteiger partial charge in [0.1, 0.15) is 0 Å². The molecule has 0 bridgehead atoms. The maximum atomic E-state index is 10.2. The monoisotopic (exact) mass is 490 g/mol. The summed E-state index contributed by atoms with van der Waals surface area (Å²) in [7, 11) is 0. The molecule has 0 aliphatic carbocycles. The van der Waals surface area contributed by atoms with Gasteiger partial charge in [-0.1, -0.05) is 117 Å². The Bertz CT molecular complexity index is 447. The van der Waals surface area contributed by atoms with Gasteiger partial charge >= 0.3 is 23.9 Å². The molecule has 8 heteroatoms. The molecule has 34 heavy (non-hydrogen) atoms. The van der Waals surface area contributed by atoms with Gasteiger partial charge in [-0.05, 0) is 12.8 Å². The first-order valence-corrected chi connectivity index (χ1v) is 13.1. The Morgan fingerprint density at radius 2 is 0.588 bits per heavy atom. The summed E-state index contributed by atoms with van der Waals surface area (Å²) in [4.78, 5) is 38.6. The summed E-state index contributed by atoms with van der Waals surface area (Å²) >= 11 is 0. The standard InChI is InChI=1S/2C12H24O2.C2H2O4/c2*1-2-3-4-5-6-7-8-9-10-11-12(13)14;3-1(4)2(5)6/h2*2-11H2,1H3,(H,13,14);(H,3,4)(H,5,6). The molecule has 0 radical (unpaired) electrons. The number of hydrogen-bond donors (Lipinski definition) is 4. The molecule has 0 saturated carbocycles. The van der Waals surface area contributed by atoms with Gasteiger partial charge < -0.3 is 20.4 Å². The molecule has 0 spiro atoms. The second-order valence-corrected chi connectivity index (χ2v) is 8.55. The van der Waals surface area contributed by atoms with Crippen LogP contribution in [0, 0.1) is 0 Å². The number of carbonyl (C=O) groups is 4. The molecule has 0 aliphatic heterocycles. The van der Waals surface area contributed by atoms with Crippen molar-refractivity contribution < 1.29 is 39.6 Å². The van der Waals surface area contributed by atoms with E-state index in [1.54, 1.807) is 0 Å². The highest BCUT2D eigenvalue weighted by molar-refractivity contribution is 6.27. The van der Waals surface area contributed by atoms with Gasteiger partial charge in [-0.2, -0.15) is 0 Å². The lowest BCUT2D eigenvalue weighted by Gasteiger charge is -2.00. The van der Waals surface area contributed by atoms with Crippen molar-refractivity contribution in [3.8, 4) is 0 Å². The molecule has 0 amide bonds. The SMILES string of the molecule is CCCCCCCCCCCC(=O)O.CCCCCCCCCCCC(=O)O.O=C(O)C(=O)O. The van der Waals surface area contributed by atoms with Gasteiger partial charge in [-0.25, -0.2) is 9.59 Å². The largest absolute Gasteiger partial charge is 0.481 e. The van der Waals surface area contributed by atoms with Crippen molar-refractivity contribution >= 4 is 23.9 Å². The summed E-state index contributed by atoms with van der Waals surface area (Å²) in [6.07, 6.45) is 23.0. The van der Waals surface area contributed by atoms with E-state index in [0.717, 1.165) is 25.7 Å². The van der Waals surface area contributed by atoms with Crippen molar-refractivity contribution in [2.75, 3.05) is 0 Å². The molecule has 0 atom stereocenters. The zero-order valence-corrected chi connectivity index (χ0v) is 21.6. The third kappa shape index (κ3) is 43.7. The highest BCUT2D eigenvalue weighted by Gasteiger charge is 2.04. The zero-order chi connectivity index (χ0) is 26.5. The molecule has 0 rings (SSSR count). The topological polar surface area (TPSA) is 149 Å². The van der Waals surface area contributed by atoms with E-state index in [1.165, 1.54) is 89.9 Å². The average molecular weight is 491 g/mol. The molecule has 0 unspecified atom stereocenters. The highest BCUT2D eigenvalue weighted by Crippen LogP contribution is 2.11. The first-order chi connectivity index (χ1) is 16.2. The summed E-state index contributed by atoms with van der Waals surface area (Å²) in [5.41, 5.74) is 0. The maximum absolute atomic E-state index is 10.2. The number of unbranched alkanes of at least 4 members (excludes halogenated alkanes) is 16. The van der Waals surface area contributed by atoms with E-state index in [0.29, 0.717) is 12.8 Å². The van der Waals surface area contributed by atoms with Gasteiger partial charge in [0.15, 0.2) is 0 Å². The smallest absolute Gasteiger partial charge is 0.414 e. The summed E-state index contributed by atoms with van der Waals surface area (Å²) in [5, 5.41) is 31.6. The first-order valence-electron chi connectivity index (χ1n) is 13.1. The lowest BCUT2D eigenvalue weighted by atomic mass is 10.1. The van der Waals surface area contributed by atoms with Crippen LogP contribution < -0.4 is 0 Å². The molecule has 0 saturated heterocycles. The van der Waals surface area contributed by atoms with Crippen LogP contribution in [0.5, 0.6) is 0 Å². The highest BCUT2D eigenvalue weighted by atomic mass is 16.4. The zero-order valence-electron chi connectivity index (χ0n) is 21.6. The average Bonchev–Trinajstić information content (AvgIpc) is 2.77. The molecule has 4 N–H and O–H groups in total. The van der Waals surface area contributed by atoms with E-state index >= 15 is 0 Å². The van der Waals surface area contributed by atoms with Gasteiger partial charge in [0.2, 0.25) is 0 Å². The molecule has 8 nitrogen and oxygen atoms in total. The maximum Gasteiger partial charge on any atom is 0.414 e. The van der Waals surface area contributed by atoms with E-state index in [-0.39, 0.29) is 0 Å². The van der Waals surface area contributed by atoms with Crippen molar-refractivity contribution in [2.45, 2.75) is 142 Å². The molecular weight excluding hydrogens is 440 g/mol. The van der Waals surface area contributed by atoms with Crippen LogP contribution in [0.2, 0.25) is 0 Å². The Balaban J connectivity index is -0.000000458. The first kappa shape index (κ1) is 36.4. The van der Waals surface area contributed by atoms with Crippen molar-refractivity contribution in [1.82, 2.24) is 0 Å². The van der Waals surface area contributed by atoms with E-state index < -0.39 is 23.9 Å². The van der Waals surface area contributed by atoms with Gasteiger partial charge in [0, 0.05) is 12.8 Å². The minimum atomic E-state index is -1.82. The molecule has 0 heterocycles. The Kier molecular flexibility index (Phi) is 33.1. The van der Waals surface area contributed by atoms with E-state index in [9.17, 15) is 9.59 Å². The molecule has 0 aromatic heterocycles. The Hall–Kier alpha value is -2.12. The molecule has 0 aromatic rings. The Labute approximate surface area is 206 Å². The van der Waals surface area contributed by atoms with Crippen LogP contribution in [0.4, 0.5) is 0 Å². The fourth-order valence-corrected chi connectivity index (χ4v) is 3.17. The molecular formula is C26H50O8. The lowest BCUT2D eigenvalue weighted by molar-refractivity contribution is -0.159. The van der Waals surface area contributed by atoms with Crippen molar-refractivity contribution in [3.05, 3.63) is 0 Å². The normalized spacial score (nSPS) is 9.82. The summed E-state index contributed by atoms with van der Waals surface area (Å²) < 4.78 is 0. The van der Waals surface area contributed by atoms with E-state index in [2.05, 4.69) is 13.8 Å². The van der Waals surface area contributed by atoms with Crippen LogP contribution >= 0.6 is 0 Å². The van der Waals surface area contributed by atoms with Crippen LogP contribution in [-0.4, -0.2) is 44.3 Å². The third-order valence-electron chi connectivity index (χ3n) is 5.17. The fraction of sp³-hybridized carbons (Fsp3) is 0.846. The Morgan fingerprint density at radius 3 is 0.765 bits per heavy atom. The van der Waals surface area contributed by atoms with Crippen LogP contribution in [0.1, 0.15) is 142 Å². The minimum Gasteiger partial charge on any atom is -0.481 e. The van der Waals surface area contributed by atoms with Crippen LogP contribution in [0.3, 0.4) is 0 Å². The number of rotatable bonds is 20. The fourth-order valence-electron chi connectivity index (χ4n) is 3.17. The predicted molar refractivity (Wildman–Crippen MR) is 134 cm³/mol. The second-order valence-electron chi connectivity index (χ2n) is 8.55. The minimum absolute atomic E-state index is 0.343. The van der Waals surface area contributed by atoms with Gasteiger partial charge in [0.05, 0.1) is 0 Å². The summed E-state index contributed by atoms with van der Waals surface area (Å²) in [5.74, 6) is -4.97. The van der Waals surface area contributed by atoms with Gasteiger partial charge in [-0.3, -0.25) is 9.59 Å². The van der Waals surface area contributed by atoms with Crippen LogP contribution in [0.25, 0.3) is 0 Å². The van der Waals surface area contributed by atoms with Crippen LogP contribution in [0.15, 0.2) is 0 Å². The molecule has 202 valence electrons. The van der Waals surface area contributed by atoms with Crippen LogP contribution in [-0.2, 0) is 19.2 Å². The Morgan fingerprint density at radius 1 is 0.382 bits per heavy atom. The quantitative estimate of drug-likeness (QED) is 0.104. The third-order valence-corrected chi connectivity index (χ3v) is 5.17. The molecule has 0 aliphatic rings. The van der Waals surface area contributed by atoms with E-state index in [4.69, 9.17) is 30.0 Å². The lowest BCUT2D eigenvalue weighted by Crippen LogP contribution is -2.09. The second kappa shape index (κ2) is 30.9. The summed E-state index contributed by atoms with van der Waals surface area (Å²) in [6.45, 7) is 4.46. The number of carboxylic acids is 4. The van der Waals surface area contributed by atoms with Crippen molar-refractivity contribution in [3.63, 3.8) is 0 Å².